The number of carbonyl (C=O) groups is 1. The minimum atomic E-state index is -0.938. The van der Waals surface area contributed by atoms with E-state index in [1.807, 2.05) is 0 Å². The predicted molar refractivity (Wildman–Crippen MR) is 44.4 cm³/mol. The van der Waals surface area contributed by atoms with Gasteiger partial charge in [0, 0.05) is 23.0 Å². The van der Waals surface area contributed by atoms with E-state index < -0.39 is 6.09 Å². The Hall–Kier alpha value is -1.10. The molecule has 1 aliphatic rings. The zero-order chi connectivity index (χ0) is 8.55. The van der Waals surface area contributed by atoms with E-state index in [1.165, 1.54) is 4.88 Å². The molecule has 1 aliphatic carbocycles. The summed E-state index contributed by atoms with van der Waals surface area (Å²) in [6, 6.07) is 0.114. The molecule has 1 aromatic rings. The molecule has 0 aliphatic heterocycles. The number of rotatable bonds is 2. The number of hydrogen-bond acceptors (Lipinski definition) is 3. The smallest absolute Gasteiger partial charge is 0.404 e. The number of aromatic nitrogens is 1. The molecule has 1 saturated carbocycles. The fraction of sp³-hybridized carbons (Fsp3) is 0.429. The topological polar surface area (TPSA) is 62.2 Å². The first-order valence-corrected chi connectivity index (χ1v) is 4.53. The van der Waals surface area contributed by atoms with Crippen LogP contribution in [-0.2, 0) is 0 Å². The number of thiazole rings is 1. The molecule has 0 saturated heterocycles. The monoisotopic (exact) mass is 184 g/mol. The number of hydrogen-bond donors (Lipinski definition) is 2. The molecule has 0 aromatic carbocycles. The van der Waals surface area contributed by atoms with Gasteiger partial charge in [-0.3, -0.25) is 4.98 Å². The predicted octanol–water partition coefficient (Wildman–Crippen LogP) is 1.27. The Bertz CT molecular complexity index is 286. The molecule has 0 bridgehead atoms. The van der Waals surface area contributed by atoms with Gasteiger partial charge in [-0.1, -0.05) is 0 Å². The number of nitrogens with zero attached hydrogens (tertiary/aromatic N) is 1. The molecule has 5 heteroatoms. The normalized spacial score (nSPS) is 26.7. The standard InChI is InChI=1S/C7H8N2O2S/c10-7(11)9-5-1-4(5)6-2-8-3-12-6/h2-5,9H,1H2,(H,10,11). The lowest BCUT2D eigenvalue weighted by atomic mass is 10.3. The first-order chi connectivity index (χ1) is 5.77. The highest BCUT2D eigenvalue weighted by Crippen LogP contribution is 2.42. The van der Waals surface area contributed by atoms with E-state index in [2.05, 4.69) is 10.3 Å². The highest BCUT2D eigenvalue weighted by molar-refractivity contribution is 7.09. The second kappa shape index (κ2) is 2.75. The minimum absolute atomic E-state index is 0.114. The number of carboxylic acid groups (broad SMARTS) is 1. The summed E-state index contributed by atoms with van der Waals surface area (Å²) in [7, 11) is 0. The van der Waals surface area contributed by atoms with Crippen LogP contribution in [0.1, 0.15) is 17.2 Å². The van der Waals surface area contributed by atoms with Crippen molar-refractivity contribution in [3.05, 3.63) is 16.6 Å². The number of amides is 1. The van der Waals surface area contributed by atoms with Gasteiger partial charge in [0.15, 0.2) is 0 Å². The van der Waals surface area contributed by atoms with Crippen molar-refractivity contribution in [2.24, 2.45) is 0 Å². The summed E-state index contributed by atoms with van der Waals surface area (Å²) in [5, 5.41) is 10.9. The van der Waals surface area contributed by atoms with Gasteiger partial charge in [-0.15, -0.1) is 11.3 Å². The SMILES string of the molecule is O=C(O)NC1CC1c1cncs1. The lowest BCUT2D eigenvalue weighted by Crippen LogP contribution is -2.23. The quantitative estimate of drug-likeness (QED) is 0.727. The van der Waals surface area contributed by atoms with Crippen molar-refractivity contribution in [1.29, 1.82) is 0 Å². The van der Waals surface area contributed by atoms with E-state index >= 15 is 0 Å². The maximum Gasteiger partial charge on any atom is 0.404 e. The first-order valence-electron chi connectivity index (χ1n) is 3.65. The fourth-order valence-electron chi connectivity index (χ4n) is 1.24. The van der Waals surface area contributed by atoms with E-state index in [1.54, 1.807) is 23.0 Å². The highest BCUT2D eigenvalue weighted by Gasteiger charge is 2.40. The Kier molecular flexibility index (Phi) is 1.73. The van der Waals surface area contributed by atoms with E-state index in [-0.39, 0.29) is 6.04 Å². The molecule has 0 radical (unpaired) electrons. The van der Waals surface area contributed by atoms with Crippen molar-refractivity contribution in [2.45, 2.75) is 18.4 Å². The summed E-state index contributed by atoms with van der Waals surface area (Å²) in [5.74, 6) is 0.369. The van der Waals surface area contributed by atoms with Crippen LogP contribution in [0.25, 0.3) is 0 Å². The van der Waals surface area contributed by atoms with E-state index in [0.29, 0.717) is 5.92 Å². The summed E-state index contributed by atoms with van der Waals surface area (Å²) >= 11 is 1.58. The fourth-order valence-corrected chi connectivity index (χ4v) is 2.04. The molecule has 2 N–H and O–H groups in total. The Balaban J connectivity index is 1.92. The maximum atomic E-state index is 10.2. The Morgan fingerprint density at radius 1 is 1.83 bits per heavy atom. The van der Waals surface area contributed by atoms with Crippen LogP contribution in [0.15, 0.2) is 11.7 Å². The highest BCUT2D eigenvalue weighted by atomic mass is 32.1. The average Bonchev–Trinajstić information content (AvgIpc) is 2.59. The maximum absolute atomic E-state index is 10.2. The summed E-state index contributed by atoms with van der Waals surface area (Å²) < 4.78 is 0. The van der Waals surface area contributed by atoms with Crippen molar-refractivity contribution in [1.82, 2.24) is 10.3 Å². The molecule has 0 spiro atoms. The third-order valence-corrected chi connectivity index (χ3v) is 2.82. The van der Waals surface area contributed by atoms with E-state index in [9.17, 15) is 4.79 Å². The molecular weight excluding hydrogens is 176 g/mol. The van der Waals surface area contributed by atoms with Gasteiger partial charge in [0.2, 0.25) is 0 Å². The molecular formula is C7H8N2O2S. The average molecular weight is 184 g/mol. The van der Waals surface area contributed by atoms with Crippen LogP contribution in [0, 0.1) is 0 Å². The third-order valence-electron chi connectivity index (χ3n) is 1.92. The van der Waals surface area contributed by atoms with Crippen molar-refractivity contribution >= 4 is 17.4 Å². The lowest BCUT2D eigenvalue weighted by molar-refractivity contribution is 0.193. The molecule has 2 rings (SSSR count). The molecule has 4 nitrogen and oxygen atoms in total. The molecule has 1 amide bonds. The Labute approximate surface area is 73.3 Å². The van der Waals surface area contributed by atoms with Crippen LogP contribution in [0.2, 0.25) is 0 Å². The zero-order valence-corrected chi connectivity index (χ0v) is 7.04. The summed E-state index contributed by atoms with van der Waals surface area (Å²) in [4.78, 5) is 15.4. The molecule has 2 atom stereocenters. The van der Waals surface area contributed by atoms with Crippen molar-refractivity contribution < 1.29 is 9.90 Å². The largest absolute Gasteiger partial charge is 0.465 e. The van der Waals surface area contributed by atoms with Gasteiger partial charge in [-0.2, -0.15) is 0 Å². The number of nitrogens with one attached hydrogen (secondary N) is 1. The first kappa shape index (κ1) is 7.54. The van der Waals surface area contributed by atoms with Crippen molar-refractivity contribution in [3.63, 3.8) is 0 Å². The second-order valence-corrected chi connectivity index (χ2v) is 3.72. The van der Waals surface area contributed by atoms with Gasteiger partial charge in [-0.25, -0.2) is 4.79 Å². The molecule has 1 heterocycles. The van der Waals surface area contributed by atoms with Gasteiger partial charge in [0.1, 0.15) is 0 Å². The Morgan fingerprint density at radius 2 is 2.67 bits per heavy atom. The zero-order valence-electron chi connectivity index (χ0n) is 6.23. The van der Waals surface area contributed by atoms with Gasteiger partial charge in [0.25, 0.3) is 0 Å². The van der Waals surface area contributed by atoms with Crippen molar-refractivity contribution in [2.75, 3.05) is 0 Å². The molecule has 2 unspecified atom stereocenters. The molecule has 1 aromatic heterocycles. The van der Waals surface area contributed by atoms with E-state index in [0.717, 1.165) is 6.42 Å². The van der Waals surface area contributed by atoms with Crippen LogP contribution < -0.4 is 5.32 Å². The van der Waals surface area contributed by atoms with Gasteiger partial charge in [-0.05, 0) is 6.42 Å². The summed E-state index contributed by atoms with van der Waals surface area (Å²) in [6.45, 7) is 0. The van der Waals surface area contributed by atoms with Gasteiger partial charge in [0.05, 0.1) is 5.51 Å². The van der Waals surface area contributed by atoms with Gasteiger partial charge >= 0.3 is 6.09 Å². The van der Waals surface area contributed by atoms with Crippen LogP contribution in [0.5, 0.6) is 0 Å². The molecule has 12 heavy (non-hydrogen) atoms. The van der Waals surface area contributed by atoms with Gasteiger partial charge < -0.3 is 10.4 Å². The molecule has 64 valence electrons. The van der Waals surface area contributed by atoms with Crippen LogP contribution >= 0.6 is 11.3 Å². The van der Waals surface area contributed by atoms with Crippen LogP contribution in [-0.4, -0.2) is 22.2 Å². The third kappa shape index (κ3) is 1.40. The van der Waals surface area contributed by atoms with Crippen LogP contribution in [0.4, 0.5) is 4.79 Å². The summed E-state index contributed by atoms with van der Waals surface area (Å²) in [6.07, 6.45) is 1.78. The lowest BCUT2D eigenvalue weighted by Gasteiger charge is -1.95. The van der Waals surface area contributed by atoms with E-state index in [4.69, 9.17) is 5.11 Å². The minimum Gasteiger partial charge on any atom is -0.465 e. The molecule has 1 fully saturated rings. The van der Waals surface area contributed by atoms with Crippen molar-refractivity contribution in [3.8, 4) is 0 Å². The Morgan fingerprint density at radius 3 is 3.25 bits per heavy atom. The van der Waals surface area contributed by atoms with Crippen LogP contribution in [0.3, 0.4) is 0 Å². The summed E-state index contributed by atoms with van der Waals surface area (Å²) in [5.41, 5.74) is 1.77. The second-order valence-electron chi connectivity index (χ2n) is 2.80.